The molecule has 0 aromatic carbocycles. The van der Waals surface area contributed by atoms with Crippen molar-refractivity contribution in [3.05, 3.63) is 0 Å². The Bertz CT molecular complexity index is 294. The van der Waals surface area contributed by atoms with Gasteiger partial charge in [0.2, 0.25) is 0 Å². The Balaban J connectivity index is 2.55. The minimum atomic E-state index is -0.306. The zero-order valence-electron chi connectivity index (χ0n) is 11.3. The SMILES string of the molecule is CCN(C(=O)OC1CCCC(=O)C1)C(C)(C)C. The molecule has 0 radical (unpaired) electrons. The molecule has 0 heterocycles. The lowest BCUT2D eigenvalue weighted by atomic mass is 9.96. The summed E-state index contributed by atoms with van der Waals surface area (Å²) in [5, 5.41) is 0. The van der Waals surface area contributed by atoms with E-state index in [1.54, 1.807) is 4.90 Å². The van der Waals surface area contributed by atoms with E-state index < -0.39 is 0 Å². The molecule has 1 aliphatic rings. The van der Waals surface area contributed by atoms with Crippen LogP contribution in [0.5, 0.6) is 0 Å². The largest absolute Gasteiger partial charge is 0.446 e. The highest BCUT2D eigenvalue weighted by Crippen LogP contribution is 2.21. The fraction of sp³-hybridized carbons (Fsp3) is 0.846. The van der Waals surface area contributed by atoms with Gasteiger partial charge in [0.1, 0.15) is 11.9 Å². The molecule has 4 nitrogen and oxygen atoms in total. The molecule has 0 aromatic rings. The summed E-state index contributed by atoms with van der Waals surface area (Å²) in [7, 11) is 0. The van der Waals surface area contributed by atoms with Crippen LogP contribution >= 0.6 is 0 Å². The smallest absolute Gasteiger partial charge is 0.410 e. The van der Waals surface area contributed by atoms with Gasteiger partial charge in [0, 0.05) is 24.9 Å². The molecule has 98 valence electrons. The molecule has 1 unspecified atom stereocenters. The van der Waals surface area contributed by atoms with Gasteiger partial charge in [-0.2, -0.15) is 0 Å². The topological polar surface area (TPSA) is 46.6 Å². The summed E-state index contributed by atoms with van der Waals surface area (Å²) in [5.74, 6) is 0.202. The monoisotopic (exact) mass is 241 g/mol. The predicted octanol–water partition coefficient (Wildman–Crippen LogP) is 2.76. The Hall–Kier alpha value is -1.06. The molecule has 1 aliphatic carbocycles. The minimum Gasteiger partial charge on any atom is -0.446 e. The van der Waals surface area contributed by atoms with Gasteiger partial charge in [-0.25, -0.2) is 4.79 Å². The first-order valence-electron chi connectivity index (χ1n) is 6.34. The molecule has 1 saturated carbocycles. The van der Waals surface area contributed by atoms with Gasteiger partial charge in [0.15, 0.2) is 0 Å². The van der Waals surface area contributed by atoms with Crippen LogP contribution in [0.2, 0.25) is 0 Å². The number of ketones is 1. The number of Topliss-reactive ketones (excluding diaryl/α,β-unsaturated/α-hetero) is 1. The first-order chi connectivity index (χ1) is 7.84. The van der Waals surface area contributed by atoms with Crippen LogP contribution in [0.1, 0.15) is 53.4 Å². The highest BCUT2D eigenvalue weighted by molar-refractivity contribution is 5.80. The number of hydrogen-bond acceptors (Lipinski definition) is 3. The standard InChI is InChI=1S/C13H23NO3/c1-5-14(13(2,3)4)12(16)17-11-8-6-7-10(15)9-11/h11H,5-9H2,1-4H3. The van der Waals surface area contributed by atoms with Crippen LogP contribution in [0.3, 0.4) is 0 Å². The predicted molar refractivity (Wildman–Crippen MR) is 65.9 cm³/mol. The molecule has 4 heteroatoms. The number of nitrogens with zero attached hydrogens (tertiary/aromatic N) is 1. The molecule has 0 N–H and O–H groups in total. The Labute approximate surface area is 103 Å². The molecule has 1 rings (SSSR count). The van der Waals surface area contributed by atoms with Gasteiger partial charge in [0.25, 0.3) is 0 Å². The van der Waals surface area contributed by atoms with Crippen molar-refractivity contribution in [1.29, 1.82) is 0 Å². The van der Waals surface area contributed by atoms with E-state index in [1.165, 1.54) is 0 Å². The third kappa shape index (κ3) is 4.02. The van der Waals surface area contributed by atoms with E-state index in [0.717, 1.165) is 12.8 Å². The maximum Gasteiger partial charge on any atom is 0.410 e. The number of amides is 1. The first kappa shape index (κ1) is 14.0. The molecule has 1 amide bonds. The lowest BCUT2D eigenvalue weighted by molar-refractivity contribution is -0.123. The fourth-order valence-corrected chi connectivity index (χ4v) is 2.17. The number of rotatable bonds is 2. The molecule has 0 aliphatic heterocycles. The molecule has 1 fully saturated rings. The summed E-state index contributed by atoms with van der Waals surface area (Å²) in [5.41, 5.74) is -0.246. The van der Waals surface area contributed by atoms with Crippen LogP contribution in [-0.4, -0.2) is 35.0 Å². The van der Waals surface area contributed by atoms with Crippen LogP contribution in [-0.2, 0) is 9.53 Å². The van der Waals surface area contributed by atoms with Crippen LogP contribution in [0.4, 0.5) is 4.79 Å². The molecule has 0 bridgehead atoms. The van der Waals surface area contributed by atoms with Gasteiger partial charge in [0.05, 0.1) is 0 Å². The normalized spacial score (nSPS) is 21.2. The lowest BCUT2D eigenvalue weighted by Crippen LogP contribution is -2.47. The van der Waals surface area contributed by atoms with Crippen LogP contribution in [0.25, 0.3) is 0 Å². The quantitative estimate of drug-likeness (QED) is 0.746. The molecular weight excluding hydrogens is 218 g/mol. The second-order valence-electron chi connectivity index (χ2n) is 5.56. The minimum absolute atomic E-state index is 0.202. The van der Waals surface area contributed by atoms with Crippen LogP contribution < -0.4 is 0 Å². The summed E-state index contributed by atoms with van der Waals surface area (Å²) in [6.07, 6.45) is 2.12. The average molecular weight is 241 g/mol. The molecule has 0 spiro atoms. The van der Waals surface area contributed by atoms with Crippen molar-refractivity contribution < 1.29 is 14.3 Å². The van der Waals surface area contributed by atoms with E-state index in [-0.39, 0.29) is 23.5 Å². The van der Waals surface area contributed by atoms with E-state index in [2.05, 4.69) is 0 Å². The molecule has 0 aromatic heterocycles. The Morgan fingerprint density at radius 1 is 1.47 bits per heavy atom. The summed E-state index contributed by atoms with van der Waals surface area (Å²) < 4.78 is 5.41. The van der Waals surface area contributed by atoms with Gasteiger partial charge in [-0.15, -0.1) is 0 Å². The number of hydrogen-bond donors (Lipinski definition) is 0. The van der Waals surface area contributed by atoms with E-state index in [0.29, 0.717) is 19.4 Å². The van der Waals surface area contributed by atoms with Crippen molar-refractivity contribution in [3.8, 4) is 0 Å². The van der Waals surface area contributed by atoms with Crippen molar-refractivity contribution in [2.24, 2.45) is 0 Å². The maximum absolute atomic E-state index is 12.0. The summed E-state index contributed by atoms with van der Waals surface area (Å²) in [6.45, 7) is 8.47. The van der Waals surface area contributed by atoms with Crippen LogP contribution in [0, 0.1) is 0 Å². The summed E-state index contributed by atoms with van der Waals surface area (Å²) in [6, 6.07) is 0. The van der Waals surface area contributed by atoms with E-state index >= 15 is 0 Å². The molecule has 17 heavy (non-hydrogen) atoms. The second-order valence-corrected chi connectivity index (χ2v) is 5.56. The highest BCUT2D eigenvalue weighted by Gasteiger charge is 2.29. The van der Waals surface area contributed by atoms with Gasteiger partial charge < -0.3 is 9.64 Å². The third-order valence-corrected chi connectivity index (χ3v) is 3.05. The van der Waals surface area contributed by atoms with Gasteiger partial charge in [-0.05, 0) is 40.5 Å². The maximum atomic E-state index is 12.0. The van der Waals surface area contributed by atoms with E-state index in [4.69, 9.17) is 4.74 Å². The Morgan fingerprint density at radius 3 is 2.59 bits per heavy atom. The lowest BCUT2D eigenvalue weighted by Gasteiger charge is -2.35. The van der Waals surface area contributed by atoms with Gasteiger partial charge in [-0.3, -0.25) is 4.79 Å². The Kier molecular flexibility index (Phi) is 4.54. The summed E-state index contributed by atoms with van der Waals surface area (Å²) >= 11 is 0. The second kappa shape index (κ2) is 5.52. The van der Waals surface area contributed by atoms with Crippen molar-refractivity contribution in [2.45, 2.75) is 65.0 Å². The zero-order chi connectivity index (χ0) is 13.1. The van der Waals surface area contributed by atoms with Gasteiger partial charge in [-0.1, -0.05) is 0 Å². The molecule has 1 atom stereocenters. The summed E-state index contributed by atoms with van der Waals surface area (Å²) in [4.78, 5) is 25.0. The zero-order valence-corrected chi connectivity index (χ0v) is 11.3. The molecule has 0 saturated heterocycles. The Morgan fingerprint density at radius 2 is 2.12 bits per heavy atom. The average Bonchev–Trinajstić information content (AvgIpc) is 2.15. The molecular formula is C13H23NO3. The van der Waals surface area contributed by atoms with Crippen LogP contribution in [0.15, 0.2) is 0 Å². The first-order valence-corrected chi connectivity index (χ1v) is 6.34. The third-order valence-electron chi connectivity index (χ3n) is 3.05. The highest BCUT2D eigenvalue weighted by atomic mass is 16.6. The fourth-order valence-electron chi connectivity index (χ4n) is 2.17. The van der Waals surface area contributed by atoms with E-state index in [1.807, 2.05) is 27.7 Å². The van der Waals surface area contributed by atoms with E-state index in [9.17, 15) is 9.59 Å². The van der Waals surface area contributed by atoms with Crippen molar-refractivity contribution in [2.75, 3.05) is 6.54 Å². The van der Waals surface area contributed by atoms with Gasteiger partial charge >= 0.3 is 6.09 Å². The number of ether oxygens (including phenoxy) is 1. The van der Waals surface area contributed by atoms with Crippen molar-refractivity contribution in [3.63, 3.8) is 0 Å². The van der Waals surface area contributed by atoms with Crippen molar-refractivity contribution in [1.82, 2.24) is 4.90 Å². The number of carbonyl (C=O) groups is 2. The number of carbonyl (C=O) groups excluding carboxylic acids is 2. The van der Waals surface area contributed by atoms with Crippen molar-refractivity contribution >= 4 is 11.9 Å².